The zero-order valence-electron chi connectivity index (χ0n) is 30.1. The van der Waals surface area contributed by atoms with Crippen LogP contribution in [-0.4, -0.2) is 5.78 Å². The highest BCUT2D eigenvalue weighted by atomic mass is 32.1. The molecular formula is C46H44O3S2. The van der Waals surface area contributed by atoms with E-state index in [1.54, 1.807) is 22.7 Å². The highest BCUT2D eigenvalue weighted by Crippen LogP contribution is 2.27. The van der Waals surface area contributed by atoms with Crippen LogP contribution in [0.15, 0.2) is 161 Å². The van der Waals surface area contributed by atoms with Crippen molar-refractivity contribution in [2.45, 2.75) is 47.5 Å². The molecule has 2 heterocycles. The molecule has 0 N–H and O–H groups in total. The Kier molecular flexibility index (Phi) is 14.5. The highest BCUT2D eigenvalue weighted by Gasteiger charge is 2.08. The summed E-state index contributed by atoms with van der Waals surface area (Å²) >= 11 is 3.35. The minimum atomic E-state index is 0.0752. The van der Waals surface area contributed by atoms with Crippen LogP contribution in [0.1, 0.15) is 68.9 Å². The molecule has 0 saturated heterocycles. The van der Waals surface area contributed by atoms with E-state index in [0.717, 1.165) is 51.5 Å². The number of carbonyl (C=O) groups excluding carboxylic acids is 1. The molecule has 0 unspecified atom stereocenters. The molecule has 0 aliphatic heterocycles. The summed E-state index contributed by atoms with van der Waals surface area (Å²) in [6, 6.07) is 48.2. The van der Waals surface area contributed by atoms with Gasteiger partial charge in [0.25, 0.3) is 0 Å². The Hall–Kier alpha value is -5.23. The largest absolute Gasteiger partial charge is 0.289 e. The van der Waals surface area contributed by atoms with Crippen molar-refractivity contribution in [3.05, 3.63) is 189 Å². The van der Waals surface area contributed by atoms with Crippen LogP contribution < -0.4 is 10.9 Å². The molecule has 0 bridgehead atoms. The molecule has 51 heavy (non-hydrogen) atoms. The van der Waals surface area contributed by atoms with Gasteiger partial charge in [-0.1, -0.05) is 145 Å². The fraction of sp³-hybridized carbons (Fsp3) is 0.152. The van der Waals surface area contributed by atoms with Gasteiger partial charge < -0.3 is 0 Å². The molecule has 0 spiro atoms. The predicted octanol–water partition coefficient (Wildman–Crippen LogP) is 12.9. The second-order valence-electron chi connectivity index (χ2n) is 11.3. The van der Waals surface area contributed by atoms with Crippen LogP contribution in [-0.2, 0) is 0 Å². The minimum absolute atomic E-state index is 0.0752. The Morgan fingerprint density at radius 2 is 0.765 bits per heavy atom. The van der Waals surface area contributed by atoms with Crippen LogP contribution in [0.4, 0.5) is 0 Å². The molecule has 6 aromatic carbocycles. The molecule has 0 aliphatic rings. The Bertz CT molecular complexity index is 2350. The molecule has 0 radical (unpaired) electrons. The number of benzene rings is 6. The molecule has 2 aromatic heterocycles. The van der Waals surface area contributed by atoms with Crippen molar-refractivity contribution in [2.24, 2.45) is 0 Å². The molecular weight excluding hydrogens is 665 g/mol. The molecule has 8 rings (SSSR count). The smallest absolute Gasteiger partial charge is 0.195 e. The van der Waals surface area contributed by atoms with Crippen LogP contribution in [0.5, 0.6) is 0 Å². The maximum absolute atomic E-state index is 12.5. The summed E-state index contributed by atoms with van der Waals surface area (Å²) in [7, 11) is 0. The molecule has 0 fully saturated rings. The second-order valence-corrected chi connectivity index (χ2v) is 13.5. The predicted molar refractivity (Wildman–Crippen MR) is 224 cm³/mol. The number of fused-ring (bicyclic) bond motifs is 4. The van der Waals surface area contributed by atoms with Crippen molar-refractivity contribution in [3.63, 3.8) is 0 Å². The van der Waals surface area contributed by atoms with Crippen molar-refractivity contribution in [1.29, 1.82) is 0 Å². The van der Waals surface area contributed by atoms with Gasteiger partial charge in [-0.05, 0) is 60.0 Å². The van der Waals surface area contributed by atoms with Crippen molar-refractivity contribution in [1.82, 2.24) is 0 Å². The first-order valence-corrected chi connectivity index (χ1v) is 19.0. The van der Waals surface area contributed by atoms with Crippen molar-refractivity contribution in [3.8, 4) is 0 Å². The average molecular weight is 709 g/mol. The first kappa shape index (κ1) is 38.6. The van der Waals surface area contributed by atoms with Crippen LogP contribution in [0.3, 0.4) is 0 Å². The van der Waals surface area contributed by atoms with Gasteiger partial charge in [0.05, 0.1) is 0 Å². The summed E-state index contributed by atoms with van der Waals surface area (Å²) in [5, 5.41) is 3.32. The molecule has 8 aromatic rings. The summed E-state index contributed by atoms with van der Waals surface area (Å²) < 4.78 is 4.25. The standard InChI is InChI=1S/C16H14OS.C13H8OS.C13H10O.2C2H6/c1-10(2)11-7-8-15-13(9-11)16(17)12-5-3-4-6-14(12)18-15;14-13-9-5-1-3-7-11(9)15-12-8-4-2-6-10(12)13;14-13(11-7-3-1-4-8-11)12-9-5-2-6-10-12;2*1-2/h3-10H,1-2H3;1-8H;1-10H;2*1-2H3. The van der Waals surface area contributed by atoms with E-state index in [-0.39, 0.29) is 16.6 Å². The first-order valence-electron chi connectivity index (χ1n) is 17.4. The molecule has 258 valence electrons. The third-order valence-corrected chi connectivity index (χ3v) is 10.1. The number of hydrogen-bond acceptors (Lipinski definition) is 5. The van der Waals surface area contributed by atoms with Crippen molar-refractivity contribution >= 4 is 68.8 Å². The van der Waals surface area contributed by atoms with Gasteiger partial charge in [-0.25, -0.2) is 0 Å². The van der Waals surface area contributed by atoms with E-state index < -0.39 is 0 Å². The maximum Gasteiger partial charge on any atom is 0.195 e. The Balaban J connectivity index is 0.000000165. The third-order valence-electron chi connectivity index (χ3n) is 7.82. The third kappa shape index (κ3) is 9.52. The quantitative estimate of drug-likeness (QED) is 0.136. The normalized spacial score (nSPS) is 10.2. The van der Waals surface area contributed by atoms with Crippen molar-refractivity contribution in [2.75, 3.05) is 0 Å². The van der Waals surface area contributed by atoms with E-state index in [2.05, 4.69) is 26.0 Å². The van der Waals surface area contributed by atoms with Gasteiger partial charge in [-0.2, -0.15) is 0 Å². The van der Waals surface area contributed by atoms with Crippen LogP contribution in [0.2, 0.25) is 0 Å². The Morgan fingerprint density at radius 1 is 0.431 bits per heavy atom. The van der Waals surface area contributed by atoms with Crippen LogP contribution in [0.25, 0.3) is 40.3 Å². The van der Waals surface area contributed by atoms with E-state index in [9.17, 15) is 14.4 Å². The molecule has 0 aliphatic carbocycles. The number of carbonyl (C=O) groups is 1. The Labute approximate surface area is 308 Å². The summed E-state index contributed by atoms with van der Waals surface area (Å²) in [6.45, 7) is 12.3. The average Bonchev–Trinajstić information content (AvgIpc) is 3.20. The minimum Gasteiger partial charge on any atom is -0.289 e. The van der Waals surface area contributed by atoms with Gasteiger partial charge >= 0.3 is 0 Å². The molecule has 0 saturated carbocycles. The fourth-order valence-corrected chi connectivity index (χ4v) is 7.40. The summed E-state index contributed by atoms with van der Waals surface area (Å²) in [5.41, 5.74) is 2.99. The highest BCUT2D eigenvalue weighted by molar-refractivity contribution is 7.24. The Morgan fingerprint density at radius 3 is 1.16 bits per heavy atom. The van der Waals surface area contributed by atoms with Crippen LogP contribution in [0, 0.1) is 0 Å². The first-order chi connectivity index (χ1) is 24.9. The van der Waals surface area contributed by atoms with Crippen molar-refractivity contribution < 1.29 is 4.79 Å². The van der Waals surface area contributed by atoms with Crippen LogP contribution >= 0.6 is 22.7 Å². The number of ketones is 1. The molecule has 3 nitrogen and oxygen atoms in total. The lowest BCUT2D eigenvalue weighted by Gasteiger charge is -2.07. The zero-order chi connectivity index (χ0) is 36.8. The van der Waals surface area contributed by atoms with Gasteiger partial charge in [0.1, 0.15) is 0 Å². The van der Waals surface area contributed by atoms with E-state index >= 15 is 0 Å². The van der Waals surface area contributed by atoms with E-state index in [0.29, 0.717) is 5.92 Å². The van der Waals surface area contributed by atoms with Gasteiger partial charge in [-0.3, -0.25) is 14.4 Å². The monoisotopic (exact) mass is 708 g/mol. The molecule has 0 amide bonds. The fourth-order valence-electron chi connectivity index (χ4n) is 5.28. The van der Waals surface area contributed by atoms with E-state index in [1.165, 1.54) is 5.56 Å². The lowest BCUT2D eigenvalue weighted by atomic mass is 10.0. The topological polar surface area (TPSA) is 51.2 Å². The molecule has 0 atom stereocenters. The van der Waals surface area contributed by atoms with Gasteiger partial charge in [0.2, 0.25) is 0 Å². The van der Waals surface area contributed by atoms with Gasteiger partial charge in [0.15, 0.2) is 16.6 Å². The second kappa shape index (κ2) is 19.2. The lowest BCUT2D eigenvalue weighted by Crippen LogP contribution is -2.01. The van der Waals surface area contributed by atoms with Gasteiger partial charge in [0, 0.05) is 51.5 Å². The number of rotatable bonds is 3. The summed E-state index contributed by atoms with van der Waals surface area (Å²) in [5.74, 6) is 0.525. The van der Waals surface area contributed by atoms with E-state index in [1.807, 2.05) is 167 Å². The zero-order valence-corrected chi connectivity index (χ0v) is 31.7. The summed E-state index contributed by atoms with van der Waals surface area (Å²) in [6.07, 6.45) is 0. The maximum atomic E-state index is 12.5. The molecule has 5 heteroatoms. The lowest BCUT2D eigenvalue weighted by molar-refractivity contribution is 0.103. The van der Waals surface area contributed by atoms with Gasteiger partial charge in [-0.15, -0.1) is 22.7 Å². The SMILES string of the molecule is CC.CC.CC(C)c1ccc2sc3ccccc3c(=O)c2c1.O=C(c1ccccc1)c1ccccc1.O=c1c2ccccc2sc2ccccc12. The van der Waals surface area contributed by atoms with E-state index in [4.69, 9.17) is 0 Å². The summed E-state index contributed by atoms with van der Waals surface area (Å²) in [4.78, 5) is 36.4. The number of hydrogen-bond donors (Lipinski definition) is 0.